The summed E-state index contributed by atoms with van der Waals surface area (Å²) in [6.45, 7) is 6.02. The average molecular weight is 242 g/mol. The van der Waals surface area contributed by atoms with Gasteiger partial charge < -0.3 is 15.0 Å². The standard InChI is InChI=1S/C12H22N2OS/c1-11(10-15-3)14(2)7-6-13-9-12-5-4-8-16-12/h4-5,8,11,13H,6-7,9-10H2,1-3H3. The molecule has 0 spiro atoms. The maximum Gasteiger partial charge on any atom is 0.0615 e. The fourth-order valence-electron chi connectivity index (χ4n) is 1.47. The summed E-state index contributed by atoms with van der Waals surface area (Å²) >= 11 is 1.80. The molecule has 0 saturated heterocycles. The summed E-state index contributed by atoms with van der Waals surface area (Å²) in [6, 6.07) is 4.73. The highest BCUT2D eigenvalue weighted by molar-refractivity contribution is 7.09. The van der Waals surface area contributed by atoms with Gasteiger partial charge in [-0.05, 0) is 25.4 Å². The van der Waals surface area contributed by atoms with E-state index in [1.165, 1.54) is 4.88 Å². The van der Waals surface area contributed by atoms with Gasteiger partial charge in [0, 0.05) is 37.7 Å². The minimum atomic E-state index is 0.480. The lowest BCUT2D eigenvalue weighted by molar-refractivity contribution is 0.116. The van der Waals surface area contributed by atoms with E-state index in [9.17, 15) is 0 Å². The van der Waals surface area contributed by atoms with Crippen LogP contribution >= 0.6 is 11.3 Å². The lowest BCUT2D eigenvalue weighted by Crippen LogP contribution is -2.37. The van der Waals surface area contributed by atoms with Crippen molar-refractivity contribution in [3.8, 4) is 0 Å². The van der Waals surface area contributed by atoms with Crippen LogP contribution in [-0.4, -0.2) is 44.8 Å². The van der Waals surface area contributed by atoms with Gasteiger partial charge in [-0.3, -0.25) is 0 Å². The largest absolute Gasteiger partial charge is 0.383 e. The van der Waals surface area contributed by atoms with E-state index >= 15 is 0 Å². The zero-order chi connectivity index (χ0) is 11.8. The van der Waals surface area contributed by atoms with Gasteiger partial charge in [0.25, 0.3) is 0 Å². The maximum absolute atomic E-state index is 5.13. The summed E-state index contributed by atoms with van der Waals surface area (Å²) < 4.78 is 5.13. The second-order valence-corrected chi connectivity index (χ2v) is 5.07. The van der Waals surface area contributed by atoms with Crippen molar-refractivity contribution in [3.63, 3.8) is 0 Å². The molecule has 0 fully saturated rings. The summed E-state index contributed by atoms with van der Waals surface area (Å²) in [5, 5.41) is 5.56. The van der Waals surface area contributed by atoms with Gasteiger partial charge in [0.2, 0.25) is 0 Å². The number of methoxy groups -OCH3 is 1. The summed E-state index contributed by atoms with van der Waals surface area (Å²) in [7, 11) is 3.88. The van der Waals surface area contributed by atoms with Crippen molar-refractivity contribution in [3.05, 3.63) is 22.4 Å². The molecular weight excluding hydrogens is 220 g/mol. The highest BCUT2D eigenvalue weighted by Crippen LogP contribution is 2.07. The monoisotopic (exact) mass is 242 g/mol. The summed E-state index contributed by atoms with van der Waals surface area (Å²) in [6.07, 6.45) is 0. The number of ether oxygens (including phenoxy) is 1. The molecule has 16 heavy (non-hydrogen) atoms. The van der Waals surface area contributed by atoms with E-state index in [4.69, 9.17) is 4.74 Å². The first-order chi connectivity index (χ1) is 7.74. The number of hydrogen-bond donors (Lipinski definition) is 1. The van der Waals surface area contributed by atoms with Crippen LogP contribution < -0.4 is 5.32 Å². The van der Waals surface area contributed by atoms with Gasteiger partial charge in [-0.1, -0.05) is 6.07 Å². The zero-order valence-corrected chi connectivity index (χ0v) is 11.2. The van der Waals surface area contributed by atoms with E-state index < -0.39 is 0 Å². The van der Waals surface area contributed by atoms with E-state index in [2.05, 4.69) is 41.7 Å². The summed E-state index contributed by atoms with van der Waals surface area (Å²) in [5.74, 6) is 0. The fraction of sp³-hybridized carbons (Fsp3) is 0.667. The zero-order valence-electron chi connectivity index (χ0n) is 10.4. The van der Waals surface area contributed by atoms with Gasteiger partial charge in [0.15, 0.2) is 0 Å². The Labute approximate surface area is 102 Å². The van der Waals surface area contributed by atoms with Gasteiger partial charge in [0.1, 0.15) is 0 Å². The molecule has 0 radical (unpaired) electrons. The molecule has 1 unspecified atom stereocenters. The van der Waals surface area contributed by atoms with Crippen LogP contribution in [0, 0.1) is 0 Å². The number of hydrogen-bond acceptors (Lipinski definition) is 4. The molecule has 1 N–H and O–H groups in total. The van der Waals surface area contributed by atoms with Crippen LogP contribution in [0.2, 0.25) is 0 Å². The number of likely N-dealkylation sites (N-methyl/N-ethyl adjacent to an activating group) is 1. The number of rotatable bonds is 8. The predicted octanol–water partition coefficient (Wildman–Crippen LogP) is 1.80. The topological polar surface area (TPSA) is 24.5 Å². The smallest absolute Gasteiger partial charge is 0.0615 e. The van der Waals surface area contributed by atoms with Crippen molar-refractivity contribution >= 4 is 11.3 Å². The molecular formula is C12H22N2OS. The van der Waals surface area contributed by atoms with Gasteiger partial charge in [-0.25, -0.2) is 0 Å². The highest BCUT2D eigenvalue weighted by atomic mass is 32.1. The quantitative estimate of drug-likeness (QED) is 0.704. The minimum Gasteiger partial charge on any atom is -0.383 e. The normalized spacial score (nSPS) is 13.2. The van der Waals surface area contributed by atoms with E-state index in [0.717, 1.165) is 26.2 Å². The van der Waals surface area contributed by atoms with Crippen molar-refractivity contribution in [2.24, 2.45) is 0 Å². The second kappa shape index (κ2) is 7.79. The van der Waals surface area contributed by atoms with Crippen molar-refractivity contribution in [1.29, 1.82) is 0 Å². The molecule has 0 bridgehead atoms. The first-order valence-electron chi connectivity index (χ1n) is 5.66. The van der Waals surface area contributed by atoms with E-state index in [0.29, 0.717) is 6.04 Å². The van der Waals surface area contributed by atoms with E-state index in [1.807, 2.05) is 0 Å². The first-order valence-corrected chi connectivity index (χ1v) is 6.54. The van der Waals surface area contributed by atoms with Crippen molar-refractivity contribution in [1.82, 2.24) is 10.2 Å². The molecule has 0 aliphatic rings. The molecule has 1 heterocycles. The molecule has 1 aromatic heterocycles. The Bertz CT molecular complexity index is 264. The van der Waals surface area contributed by atoms with Gasteiger partial charge in [-0.15, -0.1) is 11.3 Å². The Morgan fingerprint density at radius 3 is 3.00 bits per heavy atom. The molecule has 3 nitrogen and oxygen atoms in total. The Morgan fingerprint density at radius 2 is 2.38 bits per heavy atom. The Hall–Kier alpha value is -0.420. The highest BCUT2D eigenvalue weighted by Gasteiger charge is 2.07. The van der Waals surface area contributed by atoms with Crippen LogP contribution in [0.1, 0.15) is 11.8 Å². The van der Waals surface area contributed by atoms with Crippen molar-refractivity contribution < 1.29 is 4.74 Å². The third-order valence-electron chi connectivity index (χ3n) is 2.68. The summed E-state index contributed by atoms with van der Waals surface area (Å²) in [4.78, 5) is 3.71. The minimum absolute atomic E-state index is 0.480. The predicted molar refractivity (Wildman–Crippen MR) is 70.0 cm³/mol. The molecule has 1 rings (SSSR count). The van der Waals surface area contributed by atoms with Crippen LogP contribution in [0.5, 0.6) is 0 Å². The molecule has 0 saturated carbocycles. The van der Waals surface area contributed by atoms with Crippen LogP contribution in [0.15, 0.2) is 17.5 Å². The number of thiophene rings is 1. The van der Waals surface area contributed by atoms with Crippen LogP contribution in [-0.2, 0) is 11.3 Å². The molecule has 1 atom stereocenters. The van der Waals surface area contributed by atoms with Gasteiger partial charge in [0.05, 0.1) is 6.61 Å². The Morgan fingerprint density at radius 1 is 1.56 bits per heavy atom. The second-order valence-electron chi connectivity index (χ2n) is 4.04. The van der Waals surface area contributed by atoms with Crippen LogP contribution in [0.3, 0.4) is 0 Å². The number of nitrogens with zero attached hydrogens (tertiary/aromatic N) is 1. The maximum atomic E-state index is 5.13. The van der Waals surface area contributed by atoms with Gasteiger partial charge in [-0.2, -0.15) is 0 Å². The molecule has 92 valence electrons. The van der Waals surface area contributed by atoms with Crippen LogP contribution in [0.4, 0.5) is 0 Å². The third-order valence-corrected chi connectivity index (χ3v) is 3.56. The third kappa shape index (κ3) is 5.07. The first kappa shape index (κ1) is 13.6. The molecule has 1 aromatic rings. The van der Waals surface area contributed by atoms with Crippen molar-refractivity contribution in [2.75, 3.05) is 33.9 Å². The molecule has 0 aliphatic heterocycles. The van der Waals surface area contributed by atoms with Crippen LogP contribution in [0.25, 0.3) is 0 Å². The fourth-order valence-corrected chi connectivity index (χ4v) is 2.14. The Kier molecular flexibility index (Phi) is 6.64. The molecule has 0 aliphatic carbocycles. The van der Waals surface area contributed by atoms with Crippen molar-refractivity contribution in [2.45, 2.75) is 19.5 Å². The molecule has 4 heteroatoms. The lowest BCUT2D eigenvalue weighted by Gasteiger charge is -2.23. The molecule has 0 amide bonds. The SMILES string of the molecule is COCC(C)N(C)CCNCc1cccs1. The summed E-state index contributed by atoms with van der Waals surface area (Å²) in [5.41, 5.74) is 0. The van der Waals surface area contributed by atoms with E-state index in [1.54, 1.807) is 18.4 Å². The van der Waals surface area contributed by atoms with E-state index in [-0.39, 0.29) is 0 Å². The molecule has 0 aromatic carbocycles. The average Bonchev–Trinajstić information content (AvgIpc) is 2.77. The Balaban J connectivity index is 2.06. The van der Waals surface area contributed by atoms with Gasteiger partial charge >= 0.3 is 0 Å². The lowest BCUT2D eigenvalue weighted by atomic mass is 10.3. The number of nitrogens with one attached hydrogen (secondary N) is 1.